The minimum atomic E-state index is -0.534. The van der Waals surface area contributed by atoms with Crippen LogP contribution in [-0.2, 0) is 0 Å². The smallest absolute Gasteiger partial charge is 0.0630 e. The van der Waals surface area contributed by atoms with Crippen molar-refractivity contribution in [3.63, 3.8) is 0 Å². The molecule has 0 amide bonds. The summed E-state index contributed by atoms with van der Waals surface area (Å²) in [5.74, 6) is 1.73. The predicted octanol–water partition coefficient (Wildman–Crippen LogP) is 2.61. The molecule has 0 heterocycles. The summed E-state index contributed by atoms with van der Waals surface area (Å²) in [5, 5.41) is 10.1. The summed E-state index contributed by atoms with van der Waals surface area (Å²) in [6.07, 6.45) is 5.90. The monoisotopic (exact) mass is 180 g/mol. The first-order valence-corrected chi connectivity index (χ1v) is 5.24. The minimum Gasteiger partial charge on any atom is -0.390 e. The molecule has 0 aromatic carbocycles. The summed E-state index contributed by atoms with van der Waals surface area (Å²) in [6, 6.07) is 0. The van der Waals surface area contributed by atoms with Gasteiger partial charge >= 0.3 is 0 Å². The molecule has 1 fully saturated rings. The highest BCUT2D eigenvalue weighted by atomic mass is 16.3. The zero-order valence-electron chi connectivity index (χ0n) is 9.04. The van der Waals surface area contributed by atoms with Gasteiger partial charge in [0.1, 0.15) is 0 Å². The van der Waals surface area contributed by atoms with Crippen LogP contribution in [0.2, 0.25) is 0 Å². The predicted molar refractivity (Wildman–Crippen MR) is 54.3 cm³/mol. The molecule has 0 saturated heterocycles. The zero-order chi connectivity index (χ0) is 9.85. The molecule has 0 aromatic rings. The fraction of sp³-hybridized carbons (Fsp3) is 0.833. The van der Waals surface area contributed by atoms with Crippen molar-refractivity contribution in [2.75, 3.05) is 0 Å². The summed E-state index contributed by atoms with van der Waals surface area (Å²) in [7, 11) is 0. The van der Waals surface area contributed by atoms with Gasteiger partial charge in [-0.3, -0.25) is 0 Å². The van der Waals surface area contributed by atoms with Gasteiger partial charge in [0.15, 0.2) is 0 Å². The van der Waals surface area contributed by atoms with Gasteiger partial charge in [-0.25, -0.2) is 0 Å². The van der Waals surface area contributed by atoms with Crippen molar-refractivity contribution in [2.24, 2.45) is 23.2 Å². The van der Waals surface area contributed by atoms with E-state index in [1.54, 1.807) is 0 Å². The summed E-state index contributed by atoms with van der Waals surface area (Å²) in [5.41, 5.74) is -0.259. The van der Waals surface area contributed by atoms with E-state index in [0.717, 1.165) is 0 Å². The second-order valence-corrected chi connectivity index (χ2v) is 5.84. The average Bonchev–Trinajstić information content (AvgIpc) is 2.38. The normalized spacial score (nSPS) is 41.5. The topological polar surface area (TPSA) is 20.2 Å². The maximum absolute atomic E-state index is 10.1. The van der Waals surface area contributed by atoms with Gasteiger partial charge in [-0.05, 0) is 43.4 Å². The lowest BCUT2D eigenvalue weighted by Crippen LogP contribution is -2.43. The molecule has 2 aliphatic rings. The van der Waals surface area contributed by atoms with Crippen molar-refractivity contribution in [3.8, 4) is 0 Å². The van der Waals surface area contributed by atoms with Crippen LogP contribution in [0.15, 0.2) is 12.2 Å². The Morgan fingerprint density at radius 2 is 1.92 bits per heavy atom. The minimum absolute atomic E-state index is 0.275. The highest BCUT2D eigenvalue weighted by Gasteiger charge is 2.54. The van der Waals surface area contributed by atoms with Crippen molar-refractivity contribution in [1.29, 1.82) is 0 Å². The number of aliphatic hydroxyl groups is 1. The Morgan fingerprint density at radius 1 is 1.31 bits per heavy atom. The van der Waals surface area contributed by atoms with E-state index in [-0.39, 0.29) is 5.41 Å². The van der Waals surface area contributed by atoms with Crippen LogP contribution in [0.25, 0.3) is 0 Å². The van der Waals surface area contributed by atoms with E-state index in [1.807, 2.05) is 13.8 Å². The molecule has 2 aliphatic carbocycles. The standard InChI is InChI=1S/C12H20O/c1-11(2)9-6-5-8(7-9)10(11)12(3,4)13/h5-6,8-10,13H,7H2,1-4H3. The fourth-order valence-electron chi connectivity index (χ4n) is 3.74. The lowest BCUT2D eigenvalue weighted by atomic mass is 9.65. The van der Waals surface area contributed by atoms with Gasteiger partial charge in [-0.2, -0.15) is 0 Å². The number of hydrogen-bond donors (Lipinski definition) is 1. The Labute approximate surface area is 80.8 Å². The maximum Gasteiger partial charge on any atom is 0.0630 e. The van der Waals surface area contributed by atoms with Gasteiger partial charge < -0.3 is 5.11 Å². The van der Waals surface area contributed by atoms with Gasteiger partial charge in [0.05, 0.1) is 5.60 Å². The Balaban J connectivity index is 2.35. The lowest BCUT2D eigenvalue weighted by molar-refractivity contribution is -0.0440. The van der Waals surface area contributed by atoms with E-state index in [0.29, 0.717) is 17.8 Å². The van der Waals surface area contributed by atoms with Crippen LogP contribution in [0.1, 0.15) is 34.1 Å². The molecule has 2 bridgehead atoms. The summed E-state index contributed by atoms with van der Waals surface area (Å²) < 4.78 is 0. The van der Waals surface area contributed by atoms with Crippen LogP contribution in [0.4, 0.5) is 0 Å². The summed E-state index contributed by atoms with van der Waals surface area (Å²) >= 11 is 0. The van der Waals surface area contributed by atoms with Crippen LogP contribution >= 0.6 is 0 Å². The molecule has 74 valence electrons. The maximum atomic E-state index is 10.1. The number of hydrogen-bond acceptors (Lipinski definition) is 1. The average molecular weight is 180 g/mol. The van der Waals surface area contributed by atoms with Gasteiger partial charge in [0.25, 0.3) is 0 Å². The van der Waals surface area contributed by atoms with Crippen molar-refractivity contribution in [3.05, 3.63) is 12.2 Å². The molecule has 1 N–H and O–H groups in total. The summed E-state index contributed by atoms with van der Waals surface area (Å²) in [6.45, 7) is 8.50. The third-order valence-corrected chi connectivity index (χ3v) is 4.06. The SMILES string of the molecule is CC(C)(O)C1C2C=CC(C2)C1(C)C. The highest BCUT2D eigenvalue weighted by molar-refractivity contribution is 5.19. The van der Waals surface area contributed by atoms with Crippen molar-refractivity contribution in [1.82, 2.24) is 0 Å². The third kappa shape index (κ3) is 1.17. The van der Waals surface area contributed by atoms with Crippen LogP contribution in [-0.4, -0.2) is 10.7 Å². The largest absolute Gasteiger partial charge is 0.390 e. The third-order valence-electron chi connectivity index (χ3n) is 4.06. The molecule has 0 radical (unpaired) electrons. The molecule has 0 spiro atoms. The lowest BCUT2D eigenvalue weighted by Gasteiger charge is -2.42. The van der Waals surface area contributed by atoms with E-state index in [9.17, 15) is 5.11 Å². The van der Waals surface area contributed by atoms with Gasteiger partial charge in [-0.15, -0.1) is 0 Å². The Kier molecular flexibility index (Phi) is 1.70. The van der Waals surface area contributed by atoms with E-state index in [2.05, 4.69) is 26.0 Å². The molecule has 1 nitrogen and oxygen atoms in total. The zero-order valence-corrected chi connectivity index (χ0v) is 9.04. The number of fused-ring (bicyclic) bond motifs is 2. The molecular formula is C12H20O. The molecule has 0 aromatic heterocycles. The van der Waals surface area contributed by atoms with Crippen molar-refractivity contribution < 1.29 is 5.11 Å². The van der Waals surface area contributed by atoms with E-state index in [4.69, 9.17) is 0 Å². The first-order valence-electron chi connectivity index (χ1n) is 5.24. The highest BCUT2D eigenvalue weighted by Crippen LogP contribution is 2.58. The number of rotatable bonds is 1. The van der Waals surface area contributed by atoms with Crippen molar-refractivity contribution in [2.45, 2.75) is 39.7 Å². The molecular weight excluding hydrogens is 160 g/mol. The summed E-state index contributed by atoms with van der Waals surface area (Å²) in [4.78, 5) is 0. The van der Waals surface area contributed by atoms with Gasteiger partial charge in [-0.1, -0.05) is 26.0 Å². The first kappa shape index (κ1) is 9.26. The molecule has 0 aliphatic heterocycles. The molecule has 2 rings (SSSR count). The number of allylic oxidation sites excluding steroid dienone is 2. The molecule has 1 heteroatoms. The van der Waals surface area contributed by atoms with Crippen LogP contribution in [0.5, 0.6) is 0 Å². The Morgan fingerprint density at radius 3 is 2.23 bits per heavy atom. The Hall–Kier alpha value is -0.300. The molecule has 3 unspecified atom stereocenters. The molecule has 1 saturated carbocycles. The second-order valence-electron chi connectivity index (χ2n) is 5.84. The molecule has 13 heavy (non-hydrogen) atoms. The van der Waals surface area contributed by atoms with Crippen LogP contribution in [0, 0.1) is 23.2 Å². The quantitative estimate of drug-likeness (QED) is 0.615. The molecule has 3 atom stereocenters. The van der Waals surface area contributed by atoms with Crippen LogP contribution < -0.4 is 0 Å². The van der Waals surface area contributed by atoms with E-state index in [1.165, 1.54) is 6.42 Å². The van der Waals surface area contributed by atoms with Crippen LogP contribution in [0.3, 0.4) is 0 Å². The van der Waals surface area contributed by atoms with E-state index >= 15 is 0 Å². The first-order chi connectivity index (χ1) is 5.83. The second kappa shape index (κ2) is 2.38. The Bertz CT molecular complexity index is 244. The van der Waals surface area contributed by atoms with Crippen molar-refractivity contribution >= 4 is 0 Å². The van der Waals surface area contributed by atoms with E-state index < -0.39 is 5.60 Å². The van der Waals surface area contributed by atoms with Gasteiger partial charge in [0.2, 0.25) is 0 Å². The van der Waals surface area contributed by atoms with Gasteiger partial charge in [0, 0.05) is 0 Å². The fourth-order valence-corrected chi connectivity index (χ4v) is 3.74.